The third kappa shape index (κ3) is 5.54. The number of hydrogen-bond acceptors (Lipinski definition) is 6. The largest absolute Gasteiger partial charge is 0.469 e. The monoisotopic (exact) mass is 274 g/mol. The molecule has 1 amide bonds. The standard InChI is InChI=1S/C11H18N2O6/c1-18-10(14)7-9(8-13(16)17)19-11(15)12-5-3-2-4-6-12/h9H,2-8H2,1H3. The maximum absolute atomic E-state index is 11.8. The van der Waals surface area contributed by atoms with E-state index >= 15 is 0 Å². The summed E-state index contributed by atoms with van der Waals surface area (Å²) >= 11 is 0. The molecule has 1 rings (SSSR count). The maximum atomic E-state index is 11.8. The zero-order chi connectivity index (χ0) is 14.3. The van der Waals surface area contributed by atoms with E-state index in [2.05, 4.69) is 4.74 Å². The first-order valence-corrected chi connectivity index (χ1v) is 6.17. The average molecular weight is 274 g/mol. The van der Waals surface area contributed by atoms with Gasteiger partial charge in [0.25, 0.3) is 0 Å². The van der Waals surface area contributed by atoms with Gasteiger partial charge in [0.05, 0.1) is 13.5 Å². The molecule has 0 aromatic carbocycles. The van der Waals surface area contributed by atoms with E-state index in [0.717, 1.165) is 19.3 Å². The Morgan fingerprint density at radius 1 is 1.32 bits per heavy atom. The van der Waals surface area contributed by atoms with Crippen LogP contribution < -0.4 is 0 Å². The third-order valence-corrected chi connectivity index (χ3v) is 2.86. The first-order valence-electron chi connectivity index (χ1n) is 6.17. The van der Waals surface area contributed by atoms with Crippen molar-refractivity contribution in [1.82, 2.24) is 4.90 Å². The SMILES string of the molecule is COC(=O)CC(C[N+](=O)[O-])OC(=O)N1CCCCC1. The van der Waals surface area contributed by atoms with Gasteiger partial charge in [-0.1, -0.05) is 0 Å². The molecular weight excluding hydrogens is 256 g/mol. The first-order chi connectivity index (χ1) is 9.02. The normalized spacial score (nSPS) is 16.6. The molecule has 1 atom stereocenters. The summed E-state index contributed by atoms with van der Waals surface area (Å²) in [5.74, 6) is -0.640. The number of esters is 1. The summed E-state index contributed by atoms with van der Waals surface area (Å²) in [6.07, 6.45) is 0.853. The van der Waals surface area contributed by atoms with Crippen molar-refractivity contribution in [2.45, 2.75) is 31.8 Å². The van der Waals surface area contributed by atoms with Gasteiger partial charge in [-0.3, -0.25) is 14.9 Å². The van der Waals surface area contributed by atoms with Crippen molar-refractivity contribution in [2.75, 3.05) is 26.7 Å². The smallest absolute Gasteiger partial charge is 0.410 e. The van der Waals surface area contributed by atoms with Crippen molar-refractivity contribution in [3.05, 3.63) is 10.1 Å². The number of nitrogens with zero attached hydrogens (tertiary/aromatic N) is 2. The van der Waals surface area contributed by atoms with Gasteiger partial charge in [-0.2, -0.15) is 0 Å². The Balaban J connectivity index is 2.51. The van der Waals surface area contributed by atoms with Crippen molar-refractivity contribution in [2.24, 2.45) is 0 Å². The van der Waals surface area contributed by atoms with Crippen LogP contribution in [-0.4, -0.2) is 54.7 Å². The molecule has 0 N–H and O–H groups in total. The number of methoxy groups -OCH3 is 1. The highest BCUT2D eigenvalue weighted by molar-refractivity contribution is 5.71. The summed E-state index contributed by atoms with van der Waals surface area (Å²) in [6.45, 7) is 0.569. The number of nitro groups is 1. The molecule has 19 heavy (non-hydrogen) atoms. The van der Waals surface area contributed by atoms with Crippen molar-refractivity contribution in [3.8, 4) is 0 Å². The molecule has 108 valence electrons. The minimum atomic E-state index is -1.09. The van der Waals surface area contributed by atoms with E-state index < -0.39 is 29.6 Å². The van der Waals surface area contributed by atoms with Crippen LogP contribution in [0.15, 0.2) is 0 Å². The van der Waals surface area contributed by atoms with Crippen LogP contribution in [0, 0.1) is 10.1 Å². The number of amides is 1. The van der Waals surface area contributed by atoms with Gasteiger partial charge in [0.1, 0.15) is 0 Å². The van der Waals surface area contributed by atoms with Gasteiger partial charge in [-0.05, 0) is 19.3 Å². The fraction of sp³-hybridized carbons (Fsp3) is 0.818. The van der Waals surface area contributed by atoms with Crippen molar-refractivity contribution < 1.29 is 24.0 Å². The Morgan fingerprint density at radius 2 is 1.95 bits per heavy atom. The topological polar surface area (TPSA) is 99.0 Å². The second-order valence-corrected chi connectivity index (χ2v) is 4.35. The zero-order valence-corrected chi connectivity index (χ0v) is 10.9. The highest BCUT2D eigenvalue weighted by atomic mass is 16.6. The predicted molar refractivity (Wildman–Crippen MR) is 64.2 cm³/mol. The van der Waals surface area contributed by atoms with E-state index in [4.69, 9.17) is 4.74 Å². The van der Waals surface area contributed by atoms with E-state index in [0.29, 0.717) is 13.1 Å². The second-order valence-electron chi connectivity index (χ2n) is 4.35. The predicted octanol–water partition coefficient (Wildman–Crippen LogP) is 0.817. The van der Waals surface area contributed by atoms with Crippen LogP contribution in [0.5, 0.6) is 0 Å². The van der Waals surface area contributed by atoms with Crippen LogP contribution in [-0.2, 0) is 14.3 Å². The lowest BCUT2D eigenvalue weighted by atomic mass is 10.1. The van der Waals surface area contributed by atoms with Gasteiger partial charge >= 0.3 is 12.1 Å². The molecule has 1 aliphatic heterocycles. The second kappa shape index (κ2) is 7.55. The van der Waals surface area contributed by atoms with E-state index in [1.54, 1.807) is 0 Å². The minimum absolute atomic E-state index is 0.308. The van der Waals surface area contributed by atoms with Crippen molar-refractivity contribution in [3.63, 3.8) is 0 Å². The number of rotatable bonds is 5. The van der Waals surface area contributed by atoms with Gasteiger partial charge in [-0.15, -0.1) is 0 Å². The number of carbonyl (C=O) groups excluding carboxylic acids is 2. The van der Waals surface area contributed by atoms with Gasteiger partial charge in [0.15, 0.2) is 6.10 Å². The summed E-state index contributed by atoms with van der Waals surface area (Å²) in [5, 5.41) is 10.5. The molecule has 1 aliphatic rings. The fourth-order valence-electron chi connectivity index (χ4n) is 1.87. The minimum Gasteiger partial charge on any atom is -0.469 e. The molecule has 0 aromatic rings. The highest BCUT2D eigenvalue weighted by Gasteiger charge is 2.27. The van der Waals surface area contributed by atoms with E-state index in [1.807, 2.05) is 0 Å². The number of hydrogen-bond donors (Lipinski definition) is 0. The van der Waals surface area contributed by atoms with Crippen LogP contribution in [0.2, 0.25) is 0 Å². The molecule has 1 unspecified atom stereocenters. The molecule has 0 bridgehead atoms. The molecule has 0 spiro atoms. The number of ether oxygens (including phenoxy) is 2. The Hall–Kier alpha value is -1.86. The zero-order valence-electron chi connectivity index (χ0n) is 10.9. The summed E-state index contributed by atoms with van der Waals surface area (Å²) in [6, 6.07) is 0. The van der Waals surface area contributed by atoms with Crippen LogP contribution >= 0.6 is 0 Å². The molecular formula is C11H18N2O6. The number of piperidine rings is 1. The summed E-state index contributed by atoms with van der Waals surface area (Å²) < 4.78 is 9.44. The first kappa shape index (κ1) is 15.2. The Labute approximate surface area is 110 Å². The molecule has 1 fully saturated rings. The molecule has 8 nitrogen and oxygen atoms in total. The van der Waals surface area contributed by atoms with Crippen molar-refractivity contribution in [1.29, 1.82) is 0 Å². The van der Waals surface area contributed by atoms with Crippen LogP contribution in [0.1, 0.15) is 25.7 Å². The van der Waals surface area contributed by atoms with Gasteiger partial charge in [0, 0.05) is 18.0 Å². The lowest BCUT2D eigenvalue weighted by Gasteiger charge is -2.27. The summed E-state index contributed by atoms with van der Waals surface area (Å²) in [7, 11) is 1.18. The lowest BCUT2D eigenvalue weighted by molar-refractivity contribution is -0.489. The van der Waals surface area contributed by atoms with E-state index in [1.165, 1.54) is 12.0 Å². The molecule has 1 saturated heterocycles. The Kier molecular flexibility index (Phi) is 6.04. The van der Waals surface area contributed by atoms with E-state index in [-0.39, 0.29) is 6.42 Å². The van der Waals surface area contributed by atoms with Crippen LogP contribution in [0.3, 0.4) is 0 Å². The summed E-state index contributed by atoms with van der Waals surface area (Å²) in [4.78, 5) is 34.3. The lowest BCUT2D eigenvalue weighted by Crippen LogP contribution is -2.40. The molecule has 0 radical (unpaired) electrons. The van der Waals surface area contributed by atoms with Crippen LogP contribution in [0.25, 0.3) is 0 Å². The quantitative estimate of drug-likeness (QED) is 0.418. The molecule has 0 aliphatic carbocycles. The molecule has 0 saturated carbocycles. The highest BCUT2D eigenvalue weighted by Crippen LogP contribution is 2.12. The maximum Gasteiger partial charge on any atom is 0.410 e. The van der Waals surface area contributed by atoms with Gasteiger partial charge in [-0.25, -0.2) is 4.79 Å². The Morgan fingerprint density at radius 3 is 2.47 bits per heavy atom. The van der Waals surface area contributed by atoms with Crippen LogP contribution in [0.4, 0.5) is 4.79 Å². The average Bonchev–Trinajstić information content (AvgIpc) is 2.38. The third-order valence-electron chi connectivity index (χ3n) is 2.86. The molecule has 0 aromatic heterocycles. The summed E-state index contributed by atoms with van der Waals surface area (Å²) in [5.41, 5.74) is 0. The van der Waals surface area contributed by atoms with Gasteiger partial charge < -0.3 is 14.4 Å². The number of carbonyl (C=O) groups is 2. The fourth-order valence-corrected chi connectivity index (χ4v) is 1.87. The van der Waals surface area contributed by atoms with E-state index in [9.17, 15) is 19.7 Å². The van der Waals surface area contributed by atoms with Gasteiger partial charge in [0.2, 0.25) is 6.54 Å². The molecule has 1 heterocycles. The molecule has 8 heteroatoms. The number of likely N-dealkylation sites (tertiary alicyclic amines) is 1. The van der Waals surface area contributed by atoms with Crippen molar-refractivity contribution >= 4 is 12.1 Å². The Bertz CT molecular complexity index is 340.